The largest absolute Gasteiger partial charge is 0.496 e. The zero-order valence-corrected chi connectivity index (χ0v) is 13.9. The van der Waals surface area contributed by atoms with Crippen molar-refractivity contribution in [3.63, 3.8) is 0 Å². The van der Waals surface area contributed by atoms with Gasteiger partial charge in [0.15, 0.2) is 0 Å². The van der Waals surface area contributed by atoms with Crippen molar-refractivity contribution in [3.8, 4) is 5.75 Å². The molecule has 2 saturated carbocycles. The number of hydrogen-bond donors (Lipinski definition) is 1. The third kappa shape index (κ3) is 2.89. The quantitative estimate of drug-likeness (QED) is 0.822. The lowest BCUT2D eigenvalue weighted by Crippen LogP contribution is -2.28. The Morgan fingerprint density at radius 2 is 2.05 bits per heavy atom. The molecule has 20 heavy (non-hydrogen) atoms. The molecule has 3 heteroatoms. The number of fused-ring (bicyclic) bond motifs is 1. The molecule has 0 bridgehead atoms. The molecule has 3 rings (SSSR count). The Balaban J connectivity index is 1.78. The van der Waals surface area contributed by atoms with Crippen LogP contribution < -0.4 is 10.1 Å². The molecule has 3 atom stereocenters. The lowest BCUT2D eigenvalue weighted by atomic mass is 9.89. The topological polar surface area (TPSA) is 21.3 Å². The summed E-state index contributed by atoms with van der Waals surface area (Å²) < 4.78 is 6.40. The molecule has 1 aromatic carbocycles. The minimum absolute atomic E-state index is 0.505. The maximum Gasteiger partial charge on any atom is 0.133 e. The summed E-state index contributed by atoms with van der Waals surface area (Å²) in [4.78, 5) is 0. The SMILES string of the molecule is CCCNC(c1ccc(OC)c(Br)c1)C1CC2CC2C1. The highest BCUT2D eigenvalue weighted by atomic mass is 79.9. The number of hydrogen-bond acceptors (Lipinski definition) is 2. The molecule has 0 heterocycles. The van der Waals surface area contributed by atoms with Crippen molar-refractivity contribution in [1.82, 2.24) is 5.32 Å². The van der Waals surface area contributed by atoms with Crippen molar-refractivity contribution < 1.29 is 4.74 Å². The van der Waals surface area contributed by atoms with Crippen molar-refractivity contribution in [1.29, 1.82) is 0 Å². The van der Waals surface area contributed by atoms with Gasteiger partial charge in [-0.05, 0) is 83.6 Å². The fourth-order valence-electron chi connectivity index (χ4n) is 3.77. The monoisotopic (exact) mass is 337 g/mol. The molecule has 0 saturated heterocycles. The Hall–Kier alpha value is -0.540. The van der Waals surface area contributed by atoms with Crippen molar-refractivity contribution >= 4 is 15.9 Å². The molecule has 1 N–H and O–H groups in total. The van der Waals surface area contributed by atoms with Crippen LogP contribution >= 0.6 is 15.9 Å². The summed E-state index contributed by atoms with van der Waals surface area (Å²) in [7, 11) is 1.72. The summed E-state index contributed by atoms with van der Waals surface area (Å²) in [5.41, 5.74) is 1.40. The number of ether oxygens (including phenoxy) is 1. The van der Waals surface area contributed by atoms with Crippen LogP contribution in [0, 0.1) is 17.8 Å². The Morgan fingerprint density at radius 3 is 2.65 bits per heavy atom. The minimum Gasteiger partial charge on any atom is -0.496 e. The Kier molecular flexibility index (Phi) is 4.37. The predicted molar refractivity (Wildman–Crippen MR) is 86.0 cm³/mol. The predicted octanol–water partition coefficient (Wildman–Crippen LogP) is 4.54. The molecule has 3 unspecified atom stereocenters. The first-order chi connectivity index (χ1) is 9.72. The number of halogens is 1. The van der Waals surface area contributed by atoms with E-state index >= 15 is 0 Å². The number of rotatable bonds is 6. The van der Waals surface area contributed by atoms with E-state index in [0.29, 0.717) is 6.04 Å². The van der Waals surface area contributed by atoms with Crippen molar-refractivity contribution in [2.24, 2.45) is 17.8 Å². The Morgan fingerprint density at radius 1 is 1.30 bits per heavy atom. The number of benzene rings is 1. The van der Waals surface area contributed by atoms with E-state index in [1.807, 2.05) is 0 Å². The first kappa shape index (κ1) is 14.4. The molecule has 2 nitrogen and oxygen atoms in total. The van der Waals surface area contributed by atoms with Crippen molar-refractivity contribution in [2.75, 3.05) is 13.7 Å². The van der Waals surface area contributed by atoms with E-state index in [9.17, 15) is 0 Å². The maximum absolute atomic E-state index is 5.34. The second-order valence-electron chi connectivity index (χ2n) is 6.31. The molecular weight excluding hydrogens is 314 g/mol. The van der Waals surface area contributed by atoms with Gasteiger partial charge in [0.25, 0.3) is 0 Å². The van der Waals surface area contributed by atoms with Crippen molar-refractivity contribution in [2.45, 2.75) is 38.6 Å². The van der Waals surface area contributed by atoms with Gasteiger partial charge in [-0.15, -0.1) is 0 Å². The highest BCUT2D eigenvalue weighted by Gasteiger charge is 2.47. The second kappa shape index (κ2) is 6.07. The van der Waals surface area contributed by atoms with Crippen LogP contribution in [0.5, 0.6) is 5.75 Å². The summed E-state index contributed by atoms with van der Waals surface area (Å²) in [6, 6.07) is 7.04. The molecule has 0 radical (unpaired) electrons. The second-order valence-corrected chi connectivity index (χ2v) is 7.17. The molecule has 2 fully saturated rings. The van der Waals surface area contributed by atoms with E-state index in [-0.39, 0.29) is 0 Å². The summed E-state index contributed by atoms with van der Waals surface area (Å²) in [5.74, 6) is 3.79. The molecule has 0 amide bonds. The molecule has 0 aromatic heterocycles. The van der Waals surface area contributed by atoms with E-state index in [2.05, 4.69) is 46.4 Å². The normalized spacial score (nSPS) is 29.1. The van der Waals surface area contributed by atoms with E-state index < -0.39 is 0 Å². The zero-order valence-electron chi connectivity index (χ0n) is 12.4. The average Bonchev–Trinajstić information content (AvgIpc) is 3.06. The van der Waals surface area contributed by atoms with Gasteiger partial charge in [-0.25, -0.2) is 0 Å². The van der Waals surface area contributed by atoms with E-state index in [4.69, 9.17) is 4.74 Å². The summed E-state index contributed by atoms with van der Waals surface area (Å²) in [6.45, 7) is 3.33. The number of methoxy groups -OCH3 is 1. The van der Waals surface area contributed by atoms with Crippen LogP contribution in [0.15, 0.2) is 22.7 Å². The van der Waals surface area contributed by atoms with Gasteiger partial charge in [-0.1, -0.05) is 13.0 Å². The molecule has 1 aromatic rings. The maximum atomic E-state index is 5.34. The number of nitrogens with one attached hydrogen (secondary N) is 1. The Labute approximate surface area is 130 Å². The van der Waals surface area contributed by atoms with Gasteiger partial charge < -0.3 is 10.1 Å². The van der Waals surface area contributed by atoms with Gasteiger partial charge in [0, 0.05) is 6.04 Å². The van der Waals surface area contributed by atoms with Gasteiger partial charge in [-0.3, -0.25) is 0 Å². The van der Waals surface area contributed by atoms with Gasteiger partial charge in [-0.2, -0.15) is 0 Å². The van der Waals surface area contributed by atoms with Crippen LogP contribution in [0.25, 0.3) is 0 Å². The third-order valence-electron chi connectivity index (χ3n) is 4.90. The van der Waals surface area contributed by atoms with Crippen LogP contribution in [0.2, 0.25) is 0 Å². The molecule has 0 spiro atoms. The Bertz CT molecular complexity index is 466. The lowest BCUT2D eigenvalue weighted by molar-refractivity contribution is 0.341. The van der Waals surface area contributed by atoms with E-state index in [1.54, 1.807) is 7.11 Å². The van der Waals surface area contributed by atoms with Crippen LogP contribution in [-0.4, -0.2) is 13.7 Å². The zero-order chi connectivity index (χ0) is 14.1. The summed E-state index contributed by atoms with van der Waals surface area (Å²) >= 11 is 3.62. The third-order valence-corrected chi connectivity index (χ3v) is 5.52. The molecule has 0 aliphatic heterocycles. The molecular formula is C17H24BrNO. The highest BCUT2D eigenvalue weighted by Crippen LogP contribution is 2.57. The first-order valence-electron chi connectivity index (χ1n) is 7.79. The average molecular weight is 338 g/mol. The van der Waals surface area contributed by atoms with Gasteiger partial charge >= 0.3 is 0 Å². The summed E-state index contributed by atoms with van der Waals surface area (Å²) in [6.07, 6.45) is 5.50. The van der Waals surface area contributed by atoms with Crippen molar-refractivity contribution in [3.05, 3.63) is 28.2 Å². The van der Waals surface area contributed by atoms with E-state index in [1.165, 1.54) is 31.2 Å². The van der Waals surface area contributed by atoms with Gasteiger partial charge in [0.1, 0.15) is 5.75 Å². The van der Waals surface area contributed by atoms with Crippen LogP contribution in [0.1, 0.15) is 44.2 Å². The highest BCUT2D eigenvalue weighted by molar-refractivity contribution is 9.10. The van der Waals surface area contributed by atoms with Crippen LogP contribution in [0.4, 0.5) is 0 Å². The van der Waals surface area contributed by atoms with Crippen LogP contribution in [0.3, 0.4) is 0 Å². The molecule has 110 valence electrons. The first-order valence-corrected chi connectivity index (χ1v) is 8.59. The lowest BCUT2D eigenvalue weighted by Gasteiger charge is -2.27. The smallest absolute Gasteiger partial charge is 0.133 e. The van der Waals surface area contributed by atoms with Crippen LogP contribution in [-0.2, 0) is 0 Å². The molecule has 2 aliphatic rings. The van der Waals surface area contributed by atoms with E-state index in [0.717, 1.165) is 34.5 Å². The standard InChI is InChI=1S/C17H24BrNO/c1-3-6-19-17(14-8-12-7-13(12)9-14)11-4-5-16(20-2)15(18)10-11/h4-5,10,12-14,17,19H,3,6-9H2,1-2H3. The molecule has 2 aliphatic carbocycles. The minimum atomic E-state index is 0.505. The fourth-order valence-corrected chi connectivity index (χ4v) is 4.32. The van der Waals surface area contributed by atoms with Gasteiger partial charge in [0.2, 0.25) is 0 Å². The summed E-state index contributed by atoms with van der Waals surface area (Å²) in [5, 5.41) is 3.77. The fraction of sp³-hybridized carbons (Fsp3) is 0.647. The van der Waals surface area contributed by atoms with Gasteiger partial charge in [0.05, 0.1) is 11.6 Å².